The van der Waals surface area contributed by atoms with Gasteiger partial charge in [-0.1, -0.05) is 12.1 Å². The van der Waals surface area contributed by atoms with Crippen LogP contribution in [0.1, 0.15) is 11.1 Å². The molecule has 0 fully saturated rings. The maximum atomic E-state index is 12.8. The van der Waals surface area contributed by atoms with Crippen LogP contribution in [0.25, 0.3) is 0 Å². The summed E-state index contributed by atoms with van der Waals surface area (Å²) >= 11 is 0. The summed E-state index contributed by atoms with van der Waals surface area (Å²) in [5, 5.41) is 13.2. The van der Waals surface area contributed by atoms with E-state index >= 15 is 0 Å². The van der Waals surface area contributed by atoms with E-state index in [1.807, 2.05) is 0 Å². The number of phenolic OH excluding ortho intramolecular Hbond substituents is 1. The normalized spacial score (nSPS) is 12.6. The van der Waals surface area contributed by atoms with E-state index in [2.05, 4.69) is 5.32 Å². The van der Waals surface area contributed by atoms with E-state index < -0.39 is 0 Å². The molecular weight excluding hydrogens is 273 g/mol. The highest BCUT2D eigenvalue weighted by Crippen LogP contribution is 2.37. The molecule has 1 heterocycles. The molecule has 3 rings (SSSR count). The lowest BCUT2D eigenvalue weighted by Gasteiger charge is -2.08. The smallest absolute Gasteiger partial charge is 0.231 e. The van der Waals surface area contributed by atoms with Crippen molar-refractivity contribution in [3.8, 4) is 17.2 Å². The van der Waals surface area contributed by atoms with Crippen molar-refractivity contribution in [2.24, 2.45) is 0 Å². The number of nitrogens with one attached hydrogen (secondary N) is 1. The summed E-state index contributed by atoms with van der Waals surface area (Å²) in [7, 11) is 0. The molecule has 2 N–H and O–H groups in total. The van der Waals surface area contributed by atoms with Gasteiger partial charge in [0.2, 0.25) is 6.79 Å². The molecule has 2 aromatic rings. The molecule has 21 heavy (non-hydrogen) atoms. The minimum absolute atomic E-state index is 0.188. The number of aromatic hydroxyl groups is 1. The Balaban J connectivity index is 1.52. The van der Waals surface area contributed by atoms with Gasteiger partial charge in [0, 0.05) is 18.2 Å². The predicted octanol–water partition coefficient (Wildman–Crippen LogP) is 2.59. The van der Waals surface area contributed by atoms with Gasteiger partial charge in [-0.05, 0) is 36.7 Å². The van der Waals surface area contributed by atoms with E-state index in [1.54, 1.807) is 24.3 Å². The molecular formula is C16H16FNO3. The van der Waals surface area contributed by atoms with Crippen molar-refractivity contribution < 1.29 is 19.0 Å². The molecule has 0 amide bonds. The van der Waals surface area contributed by atoms with Gasteiger partial charge in [-0.3, -0.25) is 0 Å². The average Bonchev–Trinajstić information content (AvgIpc) is 2.92. The fourth-order valence-corrected chi connectivity index (χ4v) is 2.22. The second-order valence-corrected chi connectivity index (χ2v) is 4.89. The molecule has 0 aromatic heterocycles. The second kappa shape index (κ2) is 6.01. The van der Waals surface area contributed by atoms with Crippen molar-refractivity contribution in [3.05, 3.63) is 53.3 Å². The summed E-state index contributed by atoms with van der Waals surface area (Å²) in [6, 6.07) is 9.81. The first-order valence-electron chi connectivity index (χ1n) is 6.79. The standard InChI is InChI=1S/C16H16FNO3/c17-13-3-1-11(2-4-13)5-6-18-9-12-7-15-16(8-14(12)19)21-10-20-15/h1-4,7-8,18-19H,5-6,9-10H2. The Kier molecular flexibility index (Phi) is 3.92. The number of hydrogen-bond acceptors (Lipinski definition) is 4. The van der Waals surface area contributed by atoms with Crippen LogP contribution in [0.4, 0.5) is 4.39 Å². The van der Waals surface area contributed by atoms with Crippen LogP contribution in [0, 0.1) is 5.82 Å². The van der Waals surface area contributed by atoms with Crippen molar-refractivity contribution in [3.63, 3.8) is 0 Å². The Hall–Kier alpha value is -2.27. The van der Waals surface area contributed by atoms with Crippen LogP contribution in [0.2, 0.25) is 0 Å². The Bertz CT molecular complexity index is 628. The molecule has 2 aromatic carbocycles. The number of halogens is 1. The predicted molar refractivity (Wildman–Crippen MR) is 76.0 cm³/mol. The van der Waals surface area contributed by atoms with Crippen molar-refractivity contribution in [1.82, 2.24) is 5.32 Å². The number of ether oxygens (including phenoxy) is 2. The number of phenols is 1. The van der Waals surface area contributed by atoms with E-state index in [0.717, 1.165) is 24.1 Å². The van der Waals surface area contributed by atoms with Gasteiger partial charge in [0.05, 0.1) is 0 Å². The van der Waals surface area contributed by atoms with Crippen LogP contribution < -0.4 is 14.8 Å². The molecule has 0 saturated heterocycles. The molecule has 1 aliphatic heterocycles. The Morgan fingerprint density at radius 2 is 1.81 bits per heavy atom. The Labute approximate surface area is 122 Å². The van der Waals surface area contributed by atoms with Crippen LogP contribution in [0.3, 0.4) is 0 Å². The van der Waals surface area contributed by atoms with Gasteiger partial charge >= 0.3 is 0 Å². The molecule has 0 saturated carbocycles. The van der Waals surface area contributed by atoms with Crippen LogP contribution in [-0.2, 0) is 13.0 Å². The van der Waals surface area contributed by atoms with Gasteiger partial charge in [0.15, 0.2) is 11.5 Å². The van der Waals surface area contributed by atoms with Gasteiger partial charge in [-0.25, -0.2) is 4.39 Å². The summed E-state index contributed by atoms with van der Waals surface area (Å²) in [6.07, 6.45) is 0.797. The molecule has 0 bridgehead atoms. The molecule has 0 aliphatic carbocycles. The zero-order valence-corrected chi connectivity index (χ0v) is 11.4. The maximum Gasteiger partial charge on any atom is 0.231 e. The van der Waals surface area contributed by atoms with Crippen LogP contribution in [0.15, 0.2) is 36.4 Å². The Morgan fingerprint density at radius 3 is 2.57 bits per heavy atom. The fraction of sp³-hybridized carbons (Fsp3) is 0.250. The third-order valence-electron chi connectivity index (χ3n) is 3.39. The number of rotatable bonds is 5. The van der Waals surface area contributed by atoms with E-state index in [-0.39, 0.29) is 18.4 Å². The van der Waals surface area contributed by atoms with Gasteiger partial charge < -0.3 is 19.9 Å². The summed E-state index contributed by atoms with van der Waals surface area (Å²) in [5.74, 6) is 1.19. The van der Waals surface area contributed by atoms with Crippen molar-refractivity contribution in [2.75, 3.05) is 13.3 Å². The third kappa shape index (κ3) is 3.25. The summed E-state index contributed by atoms with van der Waals surface area (Å²) in [6.45, 7) is 1.46. The highest BCUT2D eigenvalue weighted by Gasteiger charge is 2.16. The highest BCUT2D eigenvalue weighted by atomic mass is 19.1. The fourth-order valence-electron chi connectivity index (χ4n) is 2.22. The highest BCUT2D eigenvalue weighted by molar-refractivity contribution is 5.51. The van der Waals surface area contributed by atoms with Crippen LogP contribution in [-0.4, -0.2) is 18.4 Å². The van der Waals surface area contributed by atoms with Crippen LogP contribution in [0.5, 0.6) is 17.2 Å². The molecule has 0 atom stereocenters. The molecule has 0 unspecified atom stereocenters. The van der Waals surface area contributed by atoms with Gasteiger partial charge in [-0.2, -0.15) is 0 Å². The first-order valence-corrected chi connectivity index (χ1v) is 6.79. The molecule has 0 radical (unpaired) electrons. The van der Waals surface area contributed by atoms with Crippen molar-refractivity contribution in [2.45, 2.75) is 13.0 Å². The SMILES string of the molecule is Oc1cc2c(cc1CNCCc1ccc(F)cc1)OCO2. The summed E-state index contributed by atoms with van der Waals surface area (Å²) in [4.78, 5) is 0. The zero-order valence-electron chi connectivity index (χ0n) is 11.4. The molecule has 4 nitrogen and oxygen atoms in total. The van der Waals surface area contributed by atoms with Gasteiger partial charge in [-0.15, -0.1) is 0 Å². The second-order valence-electron chi connectivity index (χ2n) is 4.89. The number of hydrogen-bond donors (Lipinski definition) is 2. The monoisotopic (exact) mass is 289 g/mol. The number of fused-ring (bicyclic) bond motifs is 1. The first kappa shape index (κ1) is 13.7. The van der Waals surface area contributed by atoms with E-state index in [1.165, 1.54) is 12.1 Å². The molecule has 1 aliphatic rings. The molecule has 110 valence electrons. The van der Waals surface area contributed by atoms with Gasteiger partial charge in [0.1, 0.15) is 11.6 Å². The van der Waals surface area contributed by atoms with Crippen LogP contribution >= 0.6 is 0 Å². The lowest BCUT2D eigenvalue weighted by atomic mass is 10.1. The zero-order chi connectivity index (χ0) is 14.7. The Morgan fingerprint density at radius 1 is 1.10 bits per heavy atom. The number of benzene rings is 2. The lowest BCUT2D eigenvalue weighted by molar-refractivity contribution is 0.174. The maximum absolute atomic E-state index is 12.8. The first-order chi connectivity index (χ1) is 10.2. The van der Waals surface area contributed by atoms with Crippen molar-refractivity contribution >= 4 is 0 Å². The topological polar surface area (TPSA) is 50.7 Å². The average molecular weight is 289 g/mol. The molecule has 5 heteroatoms. The molecule has 0 spiro atoms. The lowest BCUT2D eigenvalue weighted by Crippen LogP contribution is -2.16. The minimum atomic E-state index is -0.225. The minimum Gasteiger partial charge on any atom is -0.507 e. The van der Waals surface area contributed by atoms with E-state index in [4.69, 9.17) is 9.47 Å². The van der Waals surface area contributed by atoms with Gasteiger partial charge in [0.25, 0.3) is 0 Å². The van der Waals surface area contributed by atoms with Crippen molar-refractivity contribution in [1.29, 1.82) is 0 Å². The summed E-state index contributed by atoms with van der Waals surface area (Å²) < 4.78 is 23.3. The van der Waals surface area contributed by atoms with E-state index in [0.29, 0.717) is 18.0 Å². The third-order valence-corrected chi connectivity index (χ3v) is 3.39. The largest absolute Gasteiger partial charge is 0.507 e. The van der Waals surface area contributed by atoms with E-state index in [9.17, 15) is 9.50 Å². The summed E-state index contributed by atoms with van der Waals surface area (Å²) in [5.41, 5.74) is 1.83. The quantitative estimate of drug-likeness (QED) is 0.831.